The molecule has 4 aromatic carbocycles. The van der Waals surface area contributed by atoms with Gasteiger partial charge in [-0.1, -0.05) is 54.6 Å². The summed E-state index contributed by atoms with van der Waals surface area (Å²) in [5.41, 5.74) is 4.12. The first-order valence-electron chi connectivity index (χ1n) is 10.6. The maximum Gasteiger partial charge on any atom is 0.282 e. The summed E-state index contributed by atoms with van der Waals surface area (Å²) in [4.78, 5) is 28.4. The molecule has 162 valence electrons. The van der Waals surface area contributed by atoms with Gasteiger partial charge in [-0.25, -0.2) is 9.29 Å². The molecule has 5 heteroatoms. The second-order valence-corrected chi connectivity index (χ2v) is 8.12. The predicted molar refractivity (Wildman–Crippen MR) is 129 cm³/mol. The Balaban J connectivity index is 1.66. The topological polar surface area (TPSA) is 49.4 Å². The molecule has 0 saturated heterocycles. The third-order valence-electron chi connectivity index (χ3n) is 6.01. The Morgan fingerprint density at radius 3 is 2.24 bits per heavy atom. The van der Waals surface area contributed by atoms with Gasteiger partial charge in [-0.15, -0.1) is 0 Å². The van der Waals surface area contributed by atoms with Crippen LogP contribution in [-0.4, -0.2) is 11.8 Å². The smallest absolute Gasteiger partial charge is 0.282 e. The van der Waals surface area contributed by atoms with Crippen molar-refractivity contribution >= 4 is 39.5 Å². The standard InChI is InChI=1S/C28H21FN2O2/c1-17-10-15-22(16-18(17)2)31-27(32)25(20-11-13-21(29)14-12-20)26(28(31)33)30-24-9-5-7-19-6-3-4-8-23(19)24/h3-16,30H,1-2H3. The van der Waals surface area contributed by atoms with Gasteiger partial charge in [0.1, 0.15) is 11.5 Å². The Labute approximate surface area is 191 Å². The monoisotopic (exact) mass is 436 g/mol. The van der Waals surface area contributed by atoms with Crippen LogP contribution in [-0.2, 0) is 9.59 Å². The number of aryl methyl sites for hydroxylation is 2. The number of nitrogens with one attached hydrogen (secondary N) is 1. The highest BCUT2D eigenvalue weighted by atomic mass is 19.1. The zero-order valence-electron chi connectivity index (χ0n) is 18.2. The molecular weight excluding hydrogens is 415 g/mol. The predicted octanol–water partition coefficient (Wildman–Crippen LogP) is 5.99. The number of benzene rings is 4. The molecule has 2 amide bonds. The zero-order valence-corrected chi connectivity index (χ0v) is 18.2. The summed E-state index contributed by atoms with van der Waals surface area (Å²) in [5, 5.41) is 5.16. The molecule has 1 aliphatic rings. The van der Waals surface area contributed by atoms with Gasteiger partial charge < -0.3 is 5.32 Å². The van der Waals surface area contributed by atoms with Crippen LogP contribution in [0.1, 0.15) is 16.7 Å². The number of anilines is 2. The second-order valence-electron chi connectivity index (χ2n) is 8.12. The normalized spacial score (nSPS) is 13.8. The van der Waals surface area contributed by atoms with Gasteiger partial charge in [0.25, 0.3) is 11.8 Å². The molecule has 0 radical (unpaired) electrons. The highest BCUT2D eigenvalue weighted by molar-refractivity contribution is 6.46. The second kappa shape index (κ2) is 8.02. The first-order chi connectivity index (χ1) is 15.9. The van der Waals surface area contributed by atoms with Gasteiger partial charge >= 0.3 is 0 Å². The van der Waals surface area contributed by atoms with Gasteiger partial charge in [0.2, 0.25) is 0 Å². The van der Waals surface area contributed by atoms with Crippen LogP contribution in [0.15, 0.2) is 90.6 Å². The molecule has 1 heterocycles. The average molecular weight is 436 g/mol. The summed E-state index contributed by atoms with van der Waals surface area (Å²) >= 11 is 0. The van der Waals surface area contributed by atoms with Crippen LogP contribution in [0.4, 0.5) is 15.8 Å². The Morgan fingerprint density at radius 2 is 1.48 bits per heavy atom. The van der Waals surface area contributed by atoms with E-state index >= 15 is 0 Å². The molecule has 5 rings (SSSR count). The van der Waals surface area contributed by atoms with E-state index in [9.17, 15) is 14.0 Å². The number of rotatable bonds is 4. The van der Waals surface area contributed by atoms with Crippen LogP contribution in [0.25, 0.3) is 16.3 Å². The molecule has 0 unspecified atom stereocenters. The molecule has 1 aliphatic heterocycles. The van der Waals surface area contributed by atoms with Crippen LogP contribution in [0, 0.1) is 19.7 Å². The minimum absolute atomic E-state index is 0.168. The molecule has 0 fully saturated rings. The van der Waals surface area contributed by atoms with E-state index in [1.165, 1.54) is 29.2 Å². The third kappa shape index (κ3) is 3.57. The fourth-order valence-corrected chi connectivity index (χ4v) is 4.10. The molecule has 1 N–H and O–H groups in total. The van der Waals surface area contributed by atoms with Crippen molar-refractivity contribution in [2.24, 2.45) is 0 Å². The highest BCUT2D eigenvalue weighted by Gasteiger charge is 2.40. The molecule has 0 atom stereocenters. The molecule has 0 bridgehead atoms. The van der Waals surface area contributed by atoms with Crippen molar-refractivity contribution in [1.82, 2.24) is 0 Å². The Kier molecular flexibility index (Phi) is 5.02. The van der Waals surface area contributed by atoms with Gasteiger partial charge in [-0.3, -0.25) is 9.59 Å². The Bertz CT molecular complexity index is 1450. The van der Waals surface area contributed by atoms with Crippen LogP contribution < -0.4 is 10.2 Å². The minimum Gasteiger partial charge on any atom is -0.350 e. The van der Waals surface area contributed by atoms with Crippen LogP contribution >= 0.6 is 0 Å². The van der Waals surface area contributed by atoms with E-state index < -0.39 is 17.6 Å². The van der Waals surface area contributed by atoms with Crippen LogP contribution in [0.3, 0.4) is 0 Å². The molecule has 4 aromatic rings. The summed E-state index contributed by atoms with van der Waals surface area (Å²) in [7, 11) is 0. The van der Waals surface area contributed by atoms with Crippen molar-refractivity contribution in [3.8, 4) is 0 Å². The number of nitrogens with zero attached hydrogens (tertiary/aromatic N) is 1. The average Bonchev–Trinajstić information content (AvgIpc) is 3.06. The van der Waals surface area contributed by atoms with Crippen LogP contribution in [0.2, 0.25) is 0 Å². The summed E-state index contributed by atoms with van der Waals surface area (Å²) in [6.45, 7) is 3.91. The molecule has 0 saturated carbocycles. The number of carbonyl (C=O) groups excluding carboxylic acids is 2. The lowest BCUT2D eigenvalue weighted by atomic mass is 10.0. The van der Waals surface area contributed by atoms with Crippen molar-refractivity contribution in [3.05, 3.63) is 113 Å². The van der Waals surface area contributed by atoms with E-state index in [-0.39, 0.29) is 11.3 Å². The van der Waals surface area contributed by atoms with Crippen molar-refractivity contribution in [2.45, 2.75) is 13.8 Å². The van der Waals surface area contributed by atoms with E-state index in [1.54, 1.807) is 6.07 Å². The maximum absolute atomic E-state index is 13.6. The summed E-state index contributed by atoms with van der Waals surface area (Å²) < 4.78 is 13.6. The number of halogens is 1. The third-order valence-corrected chi connectivity index (χ3v) is 6.01. The summed E-state index contributed by atoms with van der Waals surface area (Å²) in [6, 6.07) is 24.6. The SMILES string of the molecule is Cc1ccc(N2C(=O)C(Nc3cccc4ccccc34)=C(c3ccc(F)cc3)C2=O)cc1C. The molecule has 0 aromatic heterocycles. The zero-order chi connectivity index (χ0) is 23.1. The lowest BCUT2D eigenvalue weighted by Gasteiger charge is -2.17. The first kappa shape index (κ1) is 20.6. The number of hydrogen-bond acceptors (Lipinski definition) is 3. The first-order valence-corrected chi connectivity index (χ1v) is 10.6. The highest BCUT2D eigenvalue weighted by Crippen LogP contribution is 2.35. The number of hydrogen-bond donors (Lipinski definition) is 1. The quantitative estimate of drug-likeness (QED) is 0.400. The Morgan fingerprint density at radius 1 is 0.758 bits per heavy atom. The number of amides is 2. The molecule has 33 heavy (non-hydrogen) atoms. The maximum atomic E-state index is 13.6. The van der Waals surface area contributed by atoms with Gasteiger partial charge in [-0.2, -0.15) is 0 Å². The number of carbonyl (C=O) groups is 2. The van der Waals surface area contributed by atoms with Gasteiger partial charge in [-0.05, 0) is 66.3 Å². The fraction of sp³-hybridized carbons (Fsp3) is 0.0714. The molecular formula is C28H21FN2O2. The van der Waals surface area contributed by atoms with E-state index in [0.29, 0.717) is 16.9 Å². The molecule has 4 nitrogen and oxygen atoms in total. The van der Waals surface area contributed by atoms with Gasteiger partial charge in [0.15, 0.2) is 0 Å². The molecule has 0 aliphatic carbocycles. The lowest BCUT2D eigenvalue weighted by molar-refractivity contribution is -0.120. The van der Waals surface area contributed by atoms with Gasteiger partial charge in [0, 0.05) is 11.1 Å². The van der Waals surface area contributed by atoms with E-state index in [2.05, 4.69) is 5.32 Å². The summed E-state index contributed by atoms with van der Waals surface area (Å²) in [6.07, 6.45) is 0. The van der Waals surface area contributed by atoms with Crippen molar-refractivity contribution < 1.29 is 14.0 Å². The summed E-state index contributed by atoms with van der Waals surface area (Å²) in [5.74, 6) is -1.31. The lowest BCUT2D eigenvalue weighted by Crippen LogP contribution is -2.32. The van der Waals surface area contributed by atoms with E-state index in [1.807, 2.05) is 68.4 Å². The van der Waals surface area contributed by atoms with Crippen molar-refractivity contribution in [2.75, 3.05) is 10.2 Å². The number of fused-ring (bicyclic) bond motifs is 1. The minimum atomic E-state index is -0.449. The van der Waals surface area contributed by atoms with E-state index in [4.69, 9.17) is 0 Å². The van der Waals surface area contributed by atoms with Crippen molar-refractivity contribution in [3.63, 3.8) is 0 Å². The van der Waals surface area contributed by atoms with E-state index in [0.717, 1.165) is 21.9 Å². The fourth-order valence-electron chi connectivity index (χ4n) is 4.10. The molecule has 0 spiro atoms. The van der Waals surface area contributed by atoms with Gasteiger partial charge in [0.05, 0.1) is 11.3 Å². The van der Waals surface area contributed by atoms with Crippen molar-refractivity contribution in [1.29, 1.82) is 0 Å². The number of imide groups is 1. The largest absolute Gasteiger partial charge is 0.350 e. The van der Waals surface area contributed by atoms with Crippen LogP contribution in [0.5, 0.6) is 0 Å². The Hall–Kier alpha value is -4.25.